The molecule has 0 saturated heterocycles. The second kappa shape index (κ2) is 9.85. The molecule has 0 aliphatic heterocycles. The van der Waals surface area contributed by atoms with Gasteiger partial charge >= 0.3 is 8.25 Å². The van der Waals surface area contributed by atoms with Crippen molar-refractivity contribution >= 4 is 8.25 Å². The van der Waals surface area contributed by atoms with E-state index in [1.165, 1.54) is 0 Å². The molecule has 0 spiro atoms. The Morgan fingerprint density at radius 2 is 1.88 bits per heavy atom. The van der Waals surface area contributed by atoms with Crippen LogP contribution in [0.15, 0.2) is 12.8 Å². The number of rotatable bonds is 1. The van der Waals surface area contributed by atoms with Gasteiger partial charge in [-0.05, 0) is 6.20 Å². The van der Waals surface area contributed by atoms with Crippen LogP contribution in [-0.4, -0.2) is 16.8 Å². The lowest BCUT2D eigenvalue weighted by atomic mass is 11.0. The molecule has 0 atom stereocenters. The quantitative estimate of drug-likeness (QED) is 0.436. The van der Waals surface area contributed by atoms with Crippen molar-refractivity contribution < 1.29 is 14.4 Å². The molecule has 0 unspecified atom stereocenters. The van der Waals surface area contributed by atoms with Crippen molar-refractivity contribution in [1.82, 2.24) is 5.32 Å². The maximum absolute atomic E-state index is 8.74. The van der Waals surface area contributed by atoms with Crippen LogP contribution in [0, 0.1) is 0 Å². The Hall–Kier alpha value is -0.310. The van der Waals surface area contributed by atoms with Gasteiger partial charge in [0.25, 0.3) is 0 Å². The Labute approximate surface area is 48.8 Å². The molecular weight excluding hydrogens is 129 g/mol. The van der Waals surface area contributed by atoms with Gasteiger partial charge in [-0.3, -0.25) is 4.57 Å². The van der Waals surface area contributed by atoms with Gasteiger partial charge in [-0.2, -0.15) is 0 Å². The fourth-order valence-electron chi connectivity index (χ4n) is 0. The van der Waals surface area contributed by atoms with Crippen molar-refractivity contribution in [3.05, 3.63) is 12.8 Å². The molecule has 5 heteroatoms. The summed E-state index contributed by atoms with van der Waals surface area (Å²) in [6.45, 7) is 3.37. The molecule has 0 aromatic heterocycles. The summed E-state index contributed by atoms with van der Waals surface area (Å²) in [5.74, 6) is 0. The van der Waals surface area contributed by atoms with E-state index in [0.29, 0.717) is 0 Å². The summed E-state index contributed by atoms with van der Waals surface area (Å²) in [4.78, 5) is 14.3. The molecule has 0 amide bonds. The fraction of sp³-hybridized carbons (Fsp3) is 0.333. The fourth-order valence-corrected chi connectivity index (χ4v) is 0. The molecule has 0 bridgehead atoms. The van der Waals surface area contributed by atoms with Gasteiger partial charge in [-0.1, -0.05) is 6.58 Å². The molecule has 0 aromatic rings. The molecule has 0 radical (unpaired) electrons. The van der Waals surface area contributed by atoms with E-state index in [1.54, 1.807) is 6.20 Å². The highest BCUT2D eigenvalue weighted by Crippen LogP contribution is 1.98. The monoisotopic (exact) mass is 139 g/mol. The lowest BCUT2D eigenvalue weighted by molar-refractivity contribution is 0.405. The van der Waals surface area contributed by atoms with E-state index >= 15 is 0 Å². The zero-order chi connectivity index (χ0) is 6.99. The largest absolute Gasteiger partial charge is 0.394 e. The van der Waals surface area contributed by atoms with E-state index in [9.17, 15) is 0 Å². The second-order valence-corrected chi connectivity index (χ2v) is 1.34. The lowest BCUT2D eigenvalue weighted by Crippen LogP contribution is -1.87. The molecule has 0 aromatic carbocycles. The Morgan fingerprint density at radius 1 is 1.75 bits per heavy atom. The van der Waals surface area contributed by atoms with Crippen LogP contribution in [-0.2, 0) is 4.57 Å². The summed E-state index contributed by atoms with van der Waals surface area (Å²) in [5.41, 5.74) is 0. The summed E-state index contributed by atoms with van der Waals surface area (Å²) in [5, 5.41) is 2.69. The Balaban J connectivity index is 0. The molecule has 0 aliphatic carbocycles. The van der Waals surface area contributed by atoms with E-state index < -0.39 is 8.25 Å². The van der Waals surface area contributed by atoms with E-state index in [0.717, 1.165) is 0 Å². The first-order chi connectivity index (χ1) is 3.65. The van der Waals surface area contributed by atoms with E-state index in [1.807, 2.05) is 7.05 Å². The molecule has 50 valence electrons. The van der Waals surface area contributed by atoms with Gasteiger partial charge in [0.15, 0.2) is 0 Å². The van der Waals surface area contributed by atoms with Gasteiger partial charge in [-0.15, -0.1) is 0 Å². The van der Waals surface area contributed by atoms with E-state index in [2.05, 4.69) is 11.9 Å². The maximum Gasteiger partial charge on any atom is 0.314 e. The van der Waals surface area contributed by atoms with Crippen LogP contribution < -0.4 is 5.32 Å². The van der Waals surface area contributed by atoms with Crippen molar-refractivity contribution in [2.24, 2.45) is 0 Å². The molecule has 0 aliphatic rings. The molecule has 4 nitrogen and oxygen atoms in total. The van der Waals surface area contributed by atoms with Gasteiger partial charge in [-0.25, -0.2) is 0 Å². The van der Waals surface area contributed by atoms with Crippen molar-refractivity contribution in [2.75, 3.05) is 7.05 Å². The third-order valence-corrected chi connectivity index (χ3v) is 0.204. The highest BCUT2D eigenvalue weighted by Gasteiger charge is 1.61. The van der Waals surface area contributed by atoms with Crippen LogP contribution in [0.25, 0.3) is 0 Å². The average Bonchev–Trinajstić information content (AvgIpc) is 1.65. The summed E-state index contributed by atoms with van der Waals surface area (Å²) in [7, 11) is -1.32. The minimum Gasteiger partial charge on any atom is -0.394 e. The molecule has 0 saturated carbocycles. The summed E-state index contributed by atoms with van der Waals surface area (Å²) in [6, 6.07) is 0. The van der Waals surface area contributed by atoms with Gasteiger partial charge in [0.05, 0.1) is 0 Å². The molecule has 8 heavy (non-hydrogen) atoms. The normalized spacial score (nSPS) is 7.00. The van der Waals surface area contributed by atoms with Gasteiger partial charge in [0, 0.05) is 7.05 Å². The van der Waals surface area contributed by atoms with E-state index in [-0.39, 0.29) is 0 Å². The summed E-state index contributed by atoms with van der Waals surface area (Å²) in [6.07, 6.45) is 1.62. The van der Waals surface area contributed by atoms with Crippen molar-refractivity contribution in [3.8, 4) is 0 Å². The topological polar surface area (TPSA) is 69.6 Å². The average molecular weight is 139 g/mol. The maximum atomic E-state index is 8.74. The zero-order valence-electron chi connectivity index (χ0n) is 4.59. The van der Waals surface area contributed by atoms with Crippen LogP contribution >= 0.6 is 8.25 Å². The van der Waals surface area contributed by atoms with Crippen LogP contribution in [0.3, 0.4) is 0 Å². The Bertz CT molecular complexity index is 70.9. The van der Waals surface area contributed by atoms with Crippen LogP contribution in [0.5, 0.6) is 0 Å². The van der Waals surface area contributed by atoms with Crippen molar-refractivity contribution in [2.45, 2.75) is 0 Å². The van der Waals surface area contributed by atoms with Gasteiger partial charge < -0.3 is 15.1 Å². The number of hydrogen-bond acceptors (Lipinski definition) is 2. The molecule has 0 rings (SSSR count). The van der Waals surface area contributed by atoms with Crippen LogP contribution in [0.1, 0.15) is 0 Å². The minimum atomic E-state index is -3.13. The van der Waals surface area contributed by atoms with Gasteiger partial charge in [0.2, 0.25) is 0 Å². The predicted molar refractivity (Wildman–Crippen MR) is 32.7 cm³/mol. The standard InChI is InChI=1S/C3H7N.H3O3P/c1-3-4-2;1-4(2)3/h3-4H,1H2,2H3;4H,(H2,1,2,3). The van der Waals surface area contributed by atoms with Crippen LogP contribution in [0.4, 0.5) is 0 Å². The van der Waals surface area contributed by atoms with E-state index in [4.69, 9.17) is 14.4 Å². The smallest absolute Gasteiger partial charge is 0.314 e. The molecule has 3 N–H and O–H groups in total. The molecular formula is C3H10NO3P. The number of nitrogens with one attached hydrogen (secondary N) is 1. The molecule has 0 fully saturated rings. The van der Waals surface area contributed by atoms with Gasteiger partial charge in [0.1, 0.15) is 0 Å². The summed E-state index contributed by atoms with van der Waals surface area (Å²) < 4.78 is 8.74. The lowest BCUT2D eigenvalue weighted by Gasteiger charge is -1.70. The first-order valence-corrected chi connectivity index (χ1v) is 3.15. The third kappa shape index (κ3) is 263. The first kappa shape index (κ1) is 10.6. The Morgan fingerprint density at radius 3 is 1.88 bits per heavy atom. The highest BCUT2D eigenvalue weighted by atomic mass is 31.1. The summed E-state index contributed by atoms with van der Waals surface area (Å²) >= 11 is 0. The Kier molecular flexibility index (Phi) is 13.1. The van der Waals surface area contributed by atoms with Crippen molar-refractivity contribution in [1.29, 1.82) is 0 Å². The number of hydrogen-bond donors (Lipinski definition) is 3. The van der Waals surface area contributed by atoms with Crippen LogP contribution in [0.2, 0.25) is 0 Å². The predicted octanol–water partition coefficient (Wildman–Crippen LogP) is -0.290. The second-order valence-electron chi connectivity index (χ2n) is 0.775. The van der Waals surface area contributed by atoms with Crippen molar-refractivity contribution in [3.63, 3.8) is 0 Å². The third-order valence-electron chi connectivity index (χ3n) is 0.204. The molecule has 0 heterocycles. The zero-order valence-corrected chi connectivity index (χ0v) is 5.59. The SMILES string of the molecule is C=CNC.O=[PH](O)O. The minimum absolute atomic E-state index is 1.62. The first-order valence-electron chi connectivity index (χ1n) is 1.85. The highest BCUT2D eigenvalue weighted by molar-refractivity contribution is 7.30.